The molecule has 2 aliphatic heterocycles. The summed E-state index contributed by atoms with van der Waals surface area (Å²) >= 11 is 0. The van der Waals surface area contributed by atoms with E-state index in [4.69, 9.17) is 9.47 Å². The van der Waals surface area contributed by atoms with E-state index in [1.807, 2.05) is 29.2 Å². The third-order valence-electron chi connectivity index (χ3n) is 6.56. The highest BCUT2D eigenvalue weighted by Gasteiger charge is 2.35. The Hall–Kier alpha value is -2.64. The van der Waals surface area contributed by atoms with E-state index in [1.165, 1.54) is 12.1 Å². The number of nitrogens with one attached hydrogen (secondary N) is 1. The monoisotopic (exact) mass is 469 g/mol. The van der Waals surface area contributed by atoms with Crippen LogP contribution in [0.4, 0.5) is 9.18 Å². The minimum Gasteiger partial charge on any atom is -0.493 e. The van der Waals surface area contributed by atoms with Crippen molar-refractivity contribution < 1.29 is 18.7 Å². The number of morpholine rings is 1. The van der Waals surface area contributed by atoms with Gasteiger partial charge in [0.25, 0.3) is 0 Å². The van der Waals surface area contributed by atoms with Crippen molar-refractivity contribution >= 4 is 6.03 Å². The number of piperidine rings is 1. The largest absolute Gasteiger partial charge is 0.493 e. The number of urea groups is 1. The third kappa shape index (κ3) is 6.70. The van der Waals surface area contributed by atoms with Crippen LogP contribution in [0.25, 0.3) is 0 Å². The quantitative estimate of drug-likeness (QED) is 0.621. The molecule has 184 valence electrons. The van der Waals surface area contributed by atoms with Gasteiger partial charge in [0.15, 0.2) is 0 Å². The molecule has 2 fully saturated rings. The number of ether oxygens (including phenoxy) is 2. The third-order valence-corrected chi connectivity index (χ3v) is 6.56. The molecule has 2 amide bonds. The minimum atomic E-state index is -0.270. The fourth-order valence-corrected chi connectivity index (χ4v) is 4.63. The molecule has 4 rings (SSSR count). The van der Waals surface area contributed by atoms with Crippen LogP contribution in [0.1, 0.15) is 37.8 Å². The second-order valence-corrected chi connectivity index (χ2v) is 9.70. The van der Waals surface area contributed by atoms with Gasteiger partial charge in [-0.25, -0.2) is 9.18 Å². The fourth-order valence-electron chi connectivity index (χ4n) is 4.63. The summed E-state index contributed by atoms with van der Waals surface area (Å²) in [5, 5.41) is 3.10. The maximum atomic E-state index is 13.4. The van der Waals surface area contributed by atoms with Gasteiger partial charge in [-0.1, -0.05) is 38.1 Å². The van der Waals surface area contributed by atoms with Crippen molar-refractivity contribution in [3.05, 3.63) is 65.5 Å². The summed E-state index contributed by atoms with van der Waals surface area (Å²) in [5.74, 6) is 1.04. The van der Waals surface area contributed by atoms with Gasteiger partial charge in [-0.3, -0.25) is 4.90 Å². The average Bonchev–Trinajstić information content (AvgIpc) is 2.86. The standard InChI is InChI=1S/C27H36FN3O3/c1-20(2)18-34-26-9-5-21(6-10-26)16-29-27(32)31(17-22-3-7-23(28)8-4-22)24-11-12-30-13-14-33-19-25(30)15-24/h3-10,20,24-25H,11-19H2,1-2H3,(H,29,32). The molecular formula is C27H36FN3O3. The molecule has 2 aromatic carbocycles. The van der Waals surface area contributed by atoms with E-state index in [0.717, 1.165) is 49.4 Å². The van der Waals surface area contributed by atoms with Crippen LogP contribution in [0.5, 0.6) is 5.75 Å². The lowest BCUT2D eigenvalue weighted by Crippen LogP contribution is -2.56. The second kappa shape index (κ2) is 11.7. The van der Waals surface area contributed by atoms with Crippen LogP contribution < -0.4 is 10.1 Å². The number of fused-ring (bicyclic) bond motifs is 1. The molecule has 2 heterocycles. The summed E-state index contributed by atoms with van der Waals surface area (Å²) in [6.45, 7) is 9.22. The van der Waals surface area contributed by atoms with E-state index in [-0.39, 0.29) is 17.9 Å². The first-order chi connectivity index (χ1) is 16.5. The van der Waals surface area contributed by atoms with Crippen LogP contribution in [0, 0.1) is 11.7 Å². The van der Waals surface area contributed by atoms with Gasteiger partial charge in [0, 0.05) is 38.3 Å². The smallest absolute Gasteiger partial charge is 0.318 e. The number of carbonyl (C=O) groups is 1. The zero-order valence-electron chi connectivity index (χ0n) is 20.2. The summed E-state index contributed by atoms with van der Waals surface area (Å²) in [6, 6.07) is 14.6. The number of halogens is 1. The summed E-state index contributed by atoms with van der Waals surface area (Å²) in [7, 11) is 0. The Morgan fingerprint density at radius 2 is 1.88 bits per heavy atom. The van der Waals surface area contributed by atoms with Crippen LogP contribution in [0.15, 0.2) is 48.5 Å². The van der Waals surface area contributed by atoms with Gasteiger partial charge >= 0.3 is 6.03 Å². The van der Waals surface area contributed by atoms with E-state index >= 15 is 0 Å². The molecule has 2 aromatic rings. The molecule has 34 heavy (non-hydrogen) atoms. The lowest BCUT2D eigenvalue weighted by Gasteiger charge is -2.45. The number of nitrogens with zero attached hydrogens (tertiary/aromatic N) is 2. The SMILES string of the molecule is CC(C)COc1ccc(CNC(=O)N(Cc2ccc(F)cc2)C2CCN3CCOCC3C2)cc1. The molecule has 1 N–H and O–H groups in total. The Morgan fingerprint density at radius 1 is 1.15 bits per heavy atom. The first-order valence-electron chi connectivity index (χ1n) is 12.3. The molecule has 7 heteroatoms. The van der Waals surface area contributed by atoms with Crippen LogP contribution in [-0.4, -0.2) is 60.8 Å². The Labute approximate surface area is 202 Å². The first kappa shape index (κ1) is 24.5. The summed E-state index contributed by atoms with van der Waals surface area (Å²) in [5.41, 5.74) is 1.94. The Bertz CT molecular complexity index is 920. The predicted octanol–water partition coefficient (Wildman–Crippen LogP) is 4.44. The van der Waals surface area contributed by atoms with E-state index in [0.29, 0.717) is 38.3 Å². The van der Waals surface area contributed by atoms with Crippen LogP contribution in [0.3, 0.4) is 0 Å². The zero-order valence-corrected chi connectivity index (χ0v) is 20.2. The summed E-state index contributed by atoms with van der Waals surface area (Å²) in [6.07, 6.45) is 1.81. The molecule has 2 atom stereocenters. The lowest BCUT2D eigenvalue weighted by molar-refractivity contribution is -0.0398. The Balaban J connectivity index is 1.40. The number of rotatable bonds is 8. The van der Waals surface area contributed by atoms with Gasteiger partial charge in [0.1, 0.15) is 11.6 Å². The van der Waals surface area contributed by atoms with Gasteiger partial charge in [-0.15, -0.1) is 0 Å². The first-order valence-corrected chi connectivity index (χ1v) is 12.3. The topological polar surface area (TPSA) is 54.0 Å². The number of hydrogen-bond donors (Lipinski definition) is 1. The number of amides is 2. The molecule has 2 saturated heterocycles. The highest BCUT2D eigenvalue weighted by atomic mass is 19.1. The van der Waals surface area contributed by atoms with Gasteiger partial charge in [-0.05, 0) is 54.2 Å². The van der Waals surface area contributed by atoms with Crippen molar-refractivity contribution in [2.24, 2.45) is 5.92 Å². The van der Waals surface area contributed by atoms with E-state index < -0.39 is 0 Å². The second-order valence-electron chi connectivity index (χ2n) is 9.70. The molecule has 0 bridgehead atoms. The lowest BCUT2D eigenvalue weighted by atomic mass is 9.95. The zero-order chi connectivity index (χ0) is 23.9. The van der Waals surface area contributed by atoms with Gasteiger partial charge in [0.05, 0.1) is 19.8 Å². The van der Waals surface area contributed by atoms with Crippen molar-refractivity contribution in [2.45, 2.75) is 51.9 Å². The van der Waals surface area contributed by atoms with Crippen LogP contribution in [-0.2, 0) is 17.8 Å². The molecule has 0 aliphatic carbocycles. The molecule has 0 radical (unpaired) electrons. The maximum Gasteiger partial charge on any atom is 0.318 e. The minimum absolute atomic E-state index is 0.0976. The van der Waals surface area contributed by atoms with Gasteiger partial charge in [0.2, 0.25) is 0 Å². The Kier molecular flexibility index (Phi) is 8.40. The highest BCUT2D eigenvalue weighted by molar-refractivity contribution is 5.74. The summed E-state index contributed by atoms with van der Waals surface area (Å²) < 4.78 is 24.9. The van der Waals surface area contributed by atoms with E-state index in [9.17, 15) is 9.18 Å². The van der Waals surface area contributed by atoms with Gasteiger partial charge < -0.3 is 19.7 Å². The molecular weight excluding hydrogens is 433 g/mol. The van der Waals surface area contributed by atoms with Crippen molar-refractivity contribution in [3.8, 4) is 5.75 Å². The predicted molar refractivity (Wildman–Crippen MR) is 130 cm³/mol. The van der Waals surface area contributed by atoms with Crippen molar-refractivity contribution in [2.75, 3.05) is 32.9 Å². The Morgan fingerprint density at radius 3 is 2.62 bits per heavy atom. The van der Waals surface area contributed by atoms with E-state index in [1.54, 1.807) is 12.1 Å². The normalized spacial score (nSPS) is 20.6. The van der Waals surface area contributed by atoms with Crippen molar-refractivity contribution in [1.82, 2.24) is 15.1 Å². The molecule has 6 nitrogen and oxygen atoms in total. The van der Waals surface area contributed by atoms with Crippen molar-refractivity contribution in [1.29, 1.82) is 0 Å². The molecule has 2 aliphatic rings. The number of hydrogen-bond acceptors (Lipinski definition) is 4. The van der Waals surface area contributed by atoms with Gasteiger partial charge in [-0.2, -0.15) is 0 Å². The number of carbonyl (C=O) groups excluding carboxylic acids is 1. The highest BCUT2D eigenvalue weighted by Crippen LogP contribution is 2.26. The molecule has 2 unspecified atom stereocenters. The van der Waals surface area contributed by atoms with Crippen LogP contribution >= 0.6 is 0 Å². The summed E-state index contributed by atoms with van der Waals surface area (Å²) in [4.78, 5) is 17.7. The molecule has 0 aromatic heterocycles. The van der Waals surface area contributed by atoms with Crippen molar-refractivity contribution in [3.63, 3.8) is 0 Å². The van der Waals surface area contributed by atoms with Crippen LogP contribution in [0.2, 0.25) is 0 Å². The average molecular weight is 470 g/mol. The number of benzene rings is 2. The van der Waals surface area contributed by atoms with E-state index in [2.05, 4.69) is 24.1 Å². The molecule has 0 saturated carbocycles. The maximum absolute atomic E-state index is 13.4. The molecule has 0 spiro atoms. The fraction of sp³-hybridized carbons (Fsp3) is 0.519.